The molecule has 0 bridgehead atoms. The van der Waals surface area contributed by atoms with Gasteiger partial charge in [0.25, 0.3) is 0 Å². The van der Waals surface area contributed by atoms with Crippen LogP contribution in [0.4, 0.5) is 0 Å². The van der Waals surface area contributed by atoms with Crippen LogP contribution in [-0.4, -0.2) is 24.8 Å². The zero-order valence-corrected chi connectivity index (χ0v) is 5.20. The first-order valence-electron chi connectivity index (χ1n) is 2.79. The third kappa shape index (κ3) is 1.70. The van der Waals surface area contributed by atoms with E-state index in [0.29, 0.717) is 0 Å². The molecule has 1 rings (SSSR count). The lowest BCUT2D eigenvalue weighted by molar-refractivity contribution is -0.148. The Hall–Kier alpha value is -1.10. The van der Waals surface area contributed by atoms with E-state index in [1.807, 2.05) is 0 Å². The number of ether oxygens (including phenoxy) is 2. The third-order valence-corrected chi connectivity index (χ3v) is 0.980. The van der Waals surface area contributed by atoms with Crippen LogP contribution in [0.15, 0.2) is 0 Å². The van der Waals surface area contributed by atoms with Crippen LogP contribution in [0, 0.1) is 0 Å². The van der Waals surface area contributed by atoms with Crippen molar-refractivity contribution in [3.8, 4) is 0 Å². The van der Waals surface area contributed by atoms with Gasteiger partial charge in [-0.15, -0.1) is 0 Å². The summed E-state index contributed by atoms with van der Waals surface area (Å²) >= 11 is 0. The maximum absolute atomic E-state index is 10.5. The number of rotatable bonds is 0. The molecule has 1 saturated heterocycles. The van der Waals surface area contributed by atoms with Crippen LogP contribution in [0.25, 0.3) is 0 Å². The maximum Gasteiger partial charge on any atom is 0.318 e. The van der Waals surface area contributed by atoms with Gasteiger partial charge in [-0.2, -0.15) is 0 Å². The standard InChI is InChI=1S/C5H7NO4/c6-3-2-9-4(7)1-5(8)10-3/h3H,1-2,6H2. The molecule has 0 spiro atoms. The van der Waals surface area contributed by atoms with Gasteiger partial charge in [-0.3, -0.25) is 15.3 Å². The van der Waals surface area contributed by atoms with E-state index in [1.54, 1.807) is 0 Å². The highest BCUT2D eigenvalue weighted by molar-refractivity contribution is 5.91. The van der Waals surface area contributed by atoms with Crippen LogP contribution in [0.1, 0.15) is 6.42 Å². The second-order valence-corrected chi connectivity index (χ2v) is 1.89. The molecule has 0 aromatic carbocycles. The average molecular weight is 145 g/mol. The molecule has 0 aromatic heterocycles. The fourth-order valence-electron chi connectivity index (χ4n) is 0.588. The molecule has 2 N–H and O–H groups in total. The van der Waals surface area contributed by atoms with Gasteiger partial charge in [0.15, 0.2) is 6.23 Å². The minimum Gasteiger partial charge on any atom is -0.460 e. The molecule has 1 aliphatic rings. The van der Waals surface area contributed by atoms with Gasteiger partial charge < -0.3 is 9.47 Å². The highest BCUT2D eigenvalue weighted by Crippen LogP contribution is 1.99. The Kier molecular flexibility index (Phi) is 1.86. The maximum atomic E-state index is 10.5. The van der Waals surface area contributed by atoms with Gasteiger partial charge in [-0.05, 0) is 0 Å². The quantitative estimate of drug-likeness (QED) is 0.340. The zero-order chi connectivity index (χ0) is 7.56. The summed E-state index contributed by atoms with van der Waals surface area (Å²) in [6.07, 6.45) is -1.15. The summed E-state index contributed by atoms with van der Waals surface area (Å²) in [5, 5.41) is 0. The first kappa shape index (κ1) is 7.01. The number of hydrogen-bond donors (Lipinski definition) is 1. The second kappa shape index (κ2) is 2.66. The molecular weight excluding hydrogens is 138 g/mol. The zero-order valence-electron chi connectivity index (χ0n) is 5.20. The number of carbonyl (C=O) groups is 2. The molecule has 1 atom stereocenters. The lowest BCUT2D eigenvalue weighted by atomic mass is 10.4. The number of cyclic esters (lactones) is 2. The number of esters is 2. The fourth-order valence-corrected chi connectivity index (χ4v) is 0.588. The van der Waals surface area contributed by atoms with Gasteiger partial charge in [-0.1, -0.05) is 0 Å². The summed E-state index contributed by atoms with van der Waals surface area (Å²) in [4.78, 5) is 21.0. The molecule has 0 saturated carbocycles. The van der Waals surface area contributed by atoms with E-state index < -0.39 is 18.2 Å². The normalized spacial score (nSPS) is 26.7. The van der Waals surface area contributed by atoms with Gasteiger partial charge >= 0.3 is 11.9 Å². The Balaban J connectivity index is 2.54. The van der Waals surface area contributed by atoms with Crippen molar-refractivity contribution in [2.24, 2.45) is 5.73 Å². The summed E-state index contributed by atoms with van der Waals surface area (Å²) in [6.45, 7) is -0.0510. The smallest absolute Gasteiger partial charge is 0.318 e. The van der Waals surface area contributed by atoms with Crippen molar-refractivity contribution in [2.75, 3.05) is 6.61 Å². The monoisotopic (exact) mass is 145 g/mol. The largest absolute Gasteiger partial charge is 0.460 e. The third-order valence-electron chi connectivity index (χ3n) is 0.980. The van der Waals surface area contributed by atoms with E-state index >= 15 is 0 Å². The SMILES string of the molecule is NC1COC(=O)CC(=O)O1. The summed E-state index contributed by atoms with van der Waals surface area (Å²) in [5.74, 6) is -1.21. The molecule has 0 aromatic rings. The van der Waals surface area contributed by atoms with E-state index in [2.05, 4.69) is 9.47 Å². The summed E-state index contributed by atoms with van der Waals surface area (Å²) in [5.41, 5.74) is 5.17. The summed E-state index contributed by atoms with van der Waals surface area (Å²) in [7, 11) is 0. The minimum atomic E-state index is -0.807. The Morgan fingerprint density at radius 3 is 2.80 bits per heavy atom. The van der Waals surface area contributed by atoms with Crippen molar-refractivity contribution in [2.45, 2.75) is 12.6 Å². The molecule has 1 aliphatic heterocycles. The van der Waals surface area contributed by atoms with Crippen LogP contribution >= 0.6 is 0 Å². The first-order valence-corrected chi connectivity index (χ1v) is 2.79. The van der Waals surface area contributed by atoms with Crippen molar-refractivity contribution in [3.63, 3.8) is 0 Å². The Labute approximate surface area is 57.1 Å². The lowest BCUT2D eigenvalue weighted by Crippen LogP contribution is -2.29. The van der Waals surface area contributed by atoms with Gasteiger partial charge in [0.2, 0.25) is 0 Å². The van der Waals surface area contributed by atoms with E-state index in [4.69, 9.17) is 5.73 Å². The molecule has 5 nitrogen and oxygen atoms in total. The Bertz CT molecular complexity index is 167. The Morgan fingerprint density at radius 2 is 2.10 bits per heavy atom. The predicted molar refractivity (Wildman–Crippen MR) is 29.6 cm³/mol. The van der Waals surface area contributed by atoms with Crippen LogP contribution < -0.4 is 5.73 Å². The van der Waals surface area contributed by atoms with Crippen molar-refractivity contribution >= 4 is 11.9 Å². The first-order chi connectivity index (χ1) is 4.68. The van der Waals surface area contributed by atoms with Gasteiger partial charge in [-0.25, -0.2) is 0 Å². The minimum absolute atomic E-state index is 0.0510. The number of hydrogen-bond acceptors (Lipinski definition) is 5. The van der Waals surface area contributed by atoms with Crippen molar-refractivity contribution < 1.29 is 19.1 Å². The van der Waals surface area contributed by atoms with Gasteiger partial charge in [0.1, 0.15) is 13.0 Å². The topological polar surface area (TPSA) is 78.6 Å². The van der Waals surface area contributed by atoms with E-state index in [0.717, 1.165) is 0 Å². The van der Waals surface area contributed by atoms with Gasteiger partial charge in [0, 0.05) is 0 Å². The molecule has 56 valence electrons. The van der Waals surface area contributed by atoms with Crippen LogP contribution in [0.2, 0.25) is 0 Å². The highest BCUT2D eigenvalue weighted by atomic mass is 16.6. The molecule has 0 aliphatic carbocycles. The number of carbonyl (C=O) groups excluding carboxylic acids is 2. The molecule has 1 heterocycles. The van der Waals surface area contributed by atoms with Crippen molar-refractivity contribution in [1.29, 1.82) is 0 Å². The fraction of sp³-hybridized carbons (Fsp3) is 0.600. The van der Waals surface area contributed by atoms with Crippen molar-refractivity contribution in [3.05, 3.63) is 0 Å². The Morgan fingerprint density at radius 1 is 1.40 bits per heavy atom. The highest BCUT2D eigenvalue weighted by Gasteiger charge is 2.20. The molecular formula is C5H7NO4. The van der Waals surface area contributed by atoms with E-state index in [1.165, 1.54) is 0 Å². The molecule has 0 radical (unpaired) electrons. The number of nitrogens with two attached hydrogens (primary N) is 1. The summed E-state index contributed by atoms with van der Waals surface area (Å²) < 4.78 is 8.95. The molecule has 10 heavy (non-hydrogen) atoms. The molecule has 5 heteroatoms. The molecule has 1 fully saturated rings. The summed E-state index contributed by atoms with van der Waals surface area (Å²) in [6, 6.07) is 0. The average Bonchev–Trinajstić information content (AvgIpc) is 1.93. The van der Waals surface area contributed by atoms with Gasteiger partial charge in [0.05, 0.1) is 0 Å². The molecule has 1 unspecified atom stereocenters. The van der Waals surface area contributed by atoms with Crippen LogP contribution in [0.5, 0.6) is 0 Å². The lowest BCUT2D eigenvalue weighted by Gasteiger charge is -2.05. The van der Waals surface area contributed by atoms with Crippen LogP contribution in [0.3, 0.4) is 0 Å². The molecule has 0 amide bonds. The van der Waals surface area contributed by atoms with E-state index in [-0.39, 0.29) is 13.0 Å². The predicted octanol–water partition coefficient (Wildman–Crippen LogP) is -1.24. The van der Waals surface area contributed by atoms with Crippen molar-refractivity contribution in [1.82, 2.24) is 0 Å². The van der Waals surface area contributed by atoms with Crippen LogP contribution in [-0.2, 0) is 19.1 Å². The second-order valence-electron chi connectivity index (χ2n) is 1.89. The van der Waals surface area contributed by atoms with E-state index in [9.17, 15) is 9.59 Å².